The van der Waals surface area contributed by atoms with Crippen molar-refractivity contribution in [3.05, 3.63) is 48.2 Å². The van der Waals surface area contributed by atoms with E-state index in [1.807, 2.05) is 37.3 Å². The number of para-hydroxylation sites is 2. The van der Waals surface area contributed by atoms with E-state index >= 15 is 0 Å². The number of carbonyl (C=O) groups is 1. The second-order valence-corrected chi connectivity index (χ2v) is 4.93. The standard InChI is InChI=1S/C18H22N2O4/c1-3-23-18-14(7-6-11-19-18)13-20-17(21)10-12-24-16-9-5-4-8-15(16)22-2/h4-9,11H,3,10,12-13H2,1-2H3,(H,20,21). The summed E-state index contributed by atoms with van der Waals surface area (Å²) in [7, 11) is 1.58. The van der Waals surface area contributed by atoms with Crippen molar-refractivity contribution in [3.8, 4) is 17.4 Å². The third kappa shape index (κ3) is 5.15. The Balaban J connectivity index is 1.78. The van der Waals surface area contributed by atoms with Gasteiger partial charge in [-0.05, 0) is 25.1 Å². The van der Waals surface area contributed by atoms with E-state index in [0.29, 0.717) is 30.5 Å². The first-order chi connectivity index (χ1) is 11.7. The molecule has 0 aliphatic rings. The summed E-state index contributed by atoms with van der Waals surface area (Å²) < 4.78 is 16.2. The summed E-state index contributed by atoms with van der Waals surface area (Å²) in [4.78, 5) is 16.1. The first-order valence-corrected chi connectivity index (χ1v) is 7.83. The van der Waals surface area contributed by atoms with Gasteiger partial charge in [-0.25, -0.2) is 4.98 Å². The largest absolute Gasteiger partial charge is 0.493 e. The molecule has 0 fully saturated rings. The molecule has 0 aliphatic carbocycles. The molecule has 0 bridgehead atoms. The highest BCUT2D eigenvalue weighted by atomic mass is 16.5. The molecule has 1 amide bonds. The van der Waals surface area contributed by atoms with Crippen LogP contribution in [0.4, 0.5) is 0 Å². The van der Waals surface area contributed by atoms with Crippen molar-refractivity contribution in [1.82, 2.24) is 10.3 Å². The van der Waals surface area contributed by atoms with E-state index < -0.39 is 0 Å². The summed E-state index contributed by atoms with van der Waals surface area (Å²) in [6, 6.07) is 11.0. The Morgan fingerprint density at radius 3 is 2.67 bits per heavy atom. The number of benzene rings is 1. The average molecular weight is 330 g/mol. The van der Waals surface area contributed by atoms with Gasteiger partial charge in [0, 0.05) is 18.3 Å². The fourth-order valence-electron chi connectivity index (χ4n) is 2.10. The van der Waals surface area contributed by atoms with Crippen molar-refractivity contribution >= 4 is 5.91 Å². The van der Waals surface area contributed by atoms with Crippen LogP contribution in [0.1, 0.15) is 18.9 Å². The third-order valence-electron chi connectivity index (χ3n) is 3.26. The highest BCUT2D eigenvalue weighted by Crippen LogP contribution is 2.25. The topological polar surface area (TPSA) is 69.7 Å². The van der Waals surface area contributed by atoms with Gasteiger partial charge in [0.05, 0.1) is 26.7 Å². The van der Waals surface area contributed by atoms with Crippen LogP contribution in [0, 0.1) is 0 Å². The molecule has 6 heteroatoms. The zero-order valence-corrected chi connectivity index (χ0v) is 14.0. The second kappa shape index (κ2) is 9.39. The molecule has 0 unspecified atom stereocenters. The molecule has 0 radical (unpaired) electrons. The number of methoxy groups -OCH3 is 1. The lowest BCUT2D eigenvalue weighted by atomic mass is 10.2. The van der Waals surface area contributed by atoms with Gasteiger partial charge in [0.15, 0.2) is 11.5 Å². The molecular weight excluding hydrogens is 308 g/mol. The third-order valence-corrected chi connectivity index (χ3v) is 3.26. The minimum absolute atomic E-state index is 0.101. The lowest BCUT2D eigenvalue weighted by molar-refractivity contribution is -0.121. The number of hydrogen-bond donors (Lipinski definition) is 1. The van der Waals surface area contributed by atoms with Gasteiger partial charge in [0.2, 0.25) is 11.8 Å². The van der Waals surface area contributed by atoms with Crippen LogP contribution in [-0.4, -0.2) is 31.2 Å². The maximum atomic E-state index is 11.9. The lowest BCUT2D eigenvalue weighted by Crippen LogP contribution is -2.24. The summed E-state index contributed by atoms with van der Waals surface area (Å²) in [6.45, 7) is 3.07. The smallest absolute Gasteiger partial charge is 0.223 e. The quantitative estimate of drug-likeness (QED) is 0.765. The van der Waals surface area contributed by atoms with Crippen LogP contribution in [-0.2, 0) is 11.3 Å². The fourth-order valence-corrected chi connectivity index (χ4v) is 2.10. The first kappa shape index (κ1) is 17.6. The van der Waals surface area contributed by atoms with Crippen molar-refractivity contribution in [3.63, 3.8) is 0 Å². The summed E-state index contributed by atoms with van der Waals surface area (Å²) in [5.74, 6) is 1.72. The van der Waals surface area contributed by atoms with E-state index in [1.165, 1.54) is 0 Å². The molecule has 1 aromatic heterocycles. The number of ether oxygens (including phenoxy) is 3. The molecule has 24 heavy (non-hydrogen) atoms. The van der Waals surface area contributed by atoms with Crippen molar-refractivity contribution in [2.24, 2.45) is 0 Å². The van der Waals surface area contributed by atoms with Crippen molar-refractivity contribution in [2.45, 2.75) is 19.9 Å². The van der Waals surface area contributed by atoms with Gasteiger partial charge < -0.3 is 19.5 Å². The van der Waals surface area contributed by atoms with Gasteiger partial charge in [-0.3, -0.25) is 4.79 Å². The van der Waals surface area contributed by atoms with Gasteiger partial charge >= 0.3 is 0 Å². The van der Waals surface area contributed by atoms with Crippen LogP contribution in [0.3, 0.4) is 0 Å². The minimum Gasteiger partial charge on any atom is -0.493 e. The van der Waals surface area contributed by atoms with E-state index in [4.69, 9.17) is 14.2 Å². The molecule has 0 saturated carbocycles. The SMILES string of the molecule is CCOc1ncccc1CNC(=O)CCOc1ccccc1OC. The number of amides is 1. The lowest BCUT2D eigenvalue weighted by Gasteiger charge is -2.11. The summed E-state index contributed by atoms with van der Waals surface area (Å²) >= 11 is 0. The fraction of sp³-hybridized carbons (Fsp3) is 0.333. The number of nitrogens with zero attached hydrogens (tertiary/aromatic N) is 1. The predicted octanol–water partition coefficient (Wildman–Crippen LogP) is 2.57. The summed E-state index contributed by atoms with van der Waals surface area (Å²) in [5.41, 5.74) is 0.846. The predicted molar refractivity (Wildman–Crippen MR) is 90.4 cm³/mol. The van der Waals surface area contributed by atoms with Crippen LogP contribution in [0.5, 0.6) is 17.4 Å². The maximum Gasteiger partial charge on any atom is 0.223 e. The van der Waals surface area contributed by atoms with Crippen LogP contribution in [0.15, 0.2) is 42.6 Å². The molecule has 128 valence electrons. The Hall–Kier alpha value is -2.76. The van der Waals surface area contributed by atoms with E-state index in [1.54, 1.807) is 19.4 Å². The molecule has 0 spiro atoms. The number of aromatic nitrogens is 1. The van der Waals surface area contributed by atoms with Crippen molar-refractivity contribution in [1.29, 1.82) is 0 Å². The van der Waals surface area contributed by atoms with Crippen LogP contribution >= 0.6 is 0 Å². The monoisotopic (exact) mass is 330 g/mol. The van der Waals surface area contributed by atoms with Crippen molar-refractivity contribution in [2.75, 3.05) is 20.3 Å². The van der Waals surface area contributed by atoms with E-state index in [0.717, 1.165) is 5.56 Å². The zero-order chi connectivity index (χ0) is 17.2. The van der Waals surface area contributed by atoms with Crippen LogP contribution in [0.2, 0.25) is 0 Å². The Morgan fingerprint density at radius 1 is 1.12 bits per heavy atom. The molecule has 1 N–H and O–H groups in total. The number of carbonyl (C=O) groups excluding carboxylic acids is 1. The molecule has 0 saturated heterocycles. The maximum absolute atomic E-state index is 11.9. The number of rotatable bonds is 9. The molecule has 1 heterocycles. The highest BCUT2D eigenvalue weighted by Gasteiger charge is 2.08. The number of nitrogens with one attached hydrogen (secondary N) is 1. The van der Waals surface area contributed by atoms with Gasteiger partial charge in [0.25, 0.3) is 0 Å². The Labute approximate surface area is 141 Å². The second-order valence-electron chi connectivity index (χ2n) is 4.93. The first-order valence-electron chi connectivity index (χ1n) is 7.83. The Kier molecular flexibility index (Phi) is 6.89. The van der Waals surface area contributed by atoms with Gasteiger partial charge in [-0.2, -0.15) is 0 Å². The summed E-state index contributed by atoms with van der Waals surface area (Å²) in [5, 5.41) is 2.84. The molecule has 2 aromatic rings. The van der Waals surface area contributed by atoms with E-state index in [-0.39, 0.29) is 18.9 Å². The average Bonchev–Trinajstić information content (AvgIpc) is 2.61. The zero-order valence-electron chi connectivity index (χ0n) is 14.0. The van der Waals surface area contributed by atoms with Gasteiger partial charge in [0.1, 0.15) is 0 Å². The number of pyridine rings is 1. The molecule has 0 atom stereocenters. The highest BCUT2D eigenvalue weighted by molar-refractivity contribution is 5.76. The molecule has 2 rings (SSSR count). The minimum atomic E-state index is -0.101. The van der Waals surface area contributed by atoms with E-state index in [9.17, 15) is 4.79 Å². The van der Waals surface area contributed by atoms with Gasteiger partial charge in [-0.1, -0.05) is 18.2 Å². The molecule has 6 nitrogen and oxygen atoms in total. The normalized spacial score (nSPS) is 10.1. The van der Waals surface area contributed by atoms with Crippen LogP contribution in [0.25, 0.3) is 0 Å². The Morgan fingerprint density at radius 2 is 1.92 bits per heavy atom. The van der Waals surface area contributed by atoms with E-state index in [2.05, 4.69) is 10.3 Å². The molecule has 1 aromatic carbocycles. The van der Waals surface area contributed by atoms with Gasteiger partial charge in [-0.15, -0.1) is 0 Å². The molecular formula is C18H22N2O4. The number of hydrogen-bond acceptors (Lipinski definition) is 5. The molecule has 0 aliphatic heterocycles. The van der Waals surface area contributed by atoms with Crippen LogP contribution < -0.4 is 19.5 Å². The summed E-state index contributed by atoms with van der Waals surface area (Å²) in [6.07, 6.45) is 1.92. The Bertz CT molecular complexity index is 661. The van der Waals surface area contributed by atoms with Crippen molar-refractivity contribution < 1.29 is 19.0 Å².